The fourth-order valence-electron chi connectivity index (χ4n) is 2.40. The van der Waals surface area contributed by atoms with Crippen LogP contribution < -0.4 is 5.32 Å². The quantitative estimate of drug-likeness (QED) is 0.737. The van der Waals surface area contributed by atoms with Gasteiger partial charge >= 0.3 is 0 Å². The summed E-state index contributed by atoms with van der Waals surface area (Å²) in [6.45, 7) is 2.40. The van der Waals surface area contributed by atoms with E-state index >= 15 is 0 Å². The summed E-state index contributed by atoms with van der Waals surface area (Å²) in [5.41, 5.74) is 2.86. The number of benzene rings is 1. The lowest BCUT2D eigenvalue weighted by Crippen LogP contribution is -2.25. The van der Waals surface area contributed by atoms with E-state index in [2.05, 4.69) is 15.4 Å². The SMILES string of the molecule is Cc1cc2ncc(CCCNC(=O)c3ccccc3F)cn2n1. The standard InChI is InChI=1S/C17H17FN4O/c1-12-9-16-20-10-13(11-22(16)21-12)5-4-8-19-17(23)14-6-2-3-7-15(14)18/h2-3,6-7,9-11H,4-5,8H2,1H3,(H,19,23). The Labute approximate surface area is 133 Å². The number of nitrogens with one attached hydrogen (secondary N) is 1. The van der Waals surface area contributed by atoms with Crippen molar-refractivity contribution in [1.82, 2.24) is 19.9 Å². The highest BCUT2D eigenvalue weighted by Gasteiger charge is 2.09. The monoisotopic (exact) mass is 312 g/mol. The minimum Gasteiger partial charge on any atom is -0.352 e. The first kappa shape index (κ1) is 15.1. The van der Waals surface area contributed by atoms with Gasteiger partial charge in [-0.25, -0.2) is 13.9 Å². The number of fused-ring (bicyclic) bond motifs is 1. The first-order chi connectivity index (χ1) is 11.1. The molecule has 0 saturated carbocycles. The highest BCUT2D eigenvalue weighted by molar-refractivity contribution is 5.94. The van der Waals surface area contributed by atoms with E-state index in [1.807, 2.05) is 25.4 Å². The molecule has 1 aromatic carbocycles. The summed E-state index contributed by atoms with van der Waals surface area (Å²) < 4.78 is 15.2. The van der Waals surface area contributed by atoms with Gasteiger partial charge in [0.25, 0.3) is 5.91 Å². The van der Waals surface area contributed by atoms with Crippen molar-refractivity contribution < 1.29 is 9.18 Å². The largest absolute Gasteiger partial charge is 0.352 e. The van der Waals surface area contributed by atoms with Gasteiger partial charge in [0.2, 0.25) is 0 Å². The minimum atomic E-state index is -0.506. The number of amides is 1. The van der Waals surface area contributed by atoms with Crippen molar-refractivity contribution >= 4 is 11.6 Å². The van der Waals surface area contributed by atoms with Gasteiger partial charge in [-0.2, -0.15) is 5.10 Å². The highest BCUT2D eigenvalue weighted by atomic mass is 19.1. The fourth-order valence-corrected chi connectivity index (χ4v) is 2.40. The van der Waals surface area contributed by atoms with Crippen molar-refractivity contribution in [2.24, 2.45) is 0 Å². The normalized spacial score (nSPS) is 10.9. The number of aromatic nitrogens is 3. The molecule has 118 valence electrons. The molecule has 0 fully saturated rings. The van der Waals surface area contributed by atoms with Crippen LogP contribution in [0, 0.1) is 12.7 Å². The van der Waals surface area contributed by atoms with Crippen molar-refractivity contribution in [2.75, 3.05) is 6.54 Å². The Balaban J connectivity index is 1.52. The average Bonchev–Trinajstić information content (AvgIpc) is 2.91. The van der Waals surface area contributed by atoms with Crippen LogP contribution in [0.2, 0.25) is 0 Å². The summed E-state index contributed by atoms with van der Waals surface area (Å²) in [6, 6.07) is 7.88. The lowest BCUT2D eigenvalue weighted by atomic mass is 10.1. The van der Waals surface area contributed by atoms with Gasteiger partial charge in [0.15, 0.2) is 5.65 Å². The molecule has 23 heavy (non-hydrogen) atoms. The number of nitrogens with zero attached hydrogens (tertiary/aromatic N) is 3. The molecule has 3 rings (SSSR count). The van der Waals surface area contributed by atoms with E-state index in [1.165, 1.54) is 12.1 Å². The van der Waals surface area contributed by atoms with Crippen molar-refractivity contribution in [3.63, 3.8) is 0 Å². The van der Waals surface area contributed by atoms with Gasteiger partial charge in [-0.05, 0) is 37.5 Å². The molecule has 0 radical (unpaired) electrons. The second-order valence-electron chi connectivity index (χ2n) is 5.39. The molecule has 0 aliphatic rings. The van der Waals surface area contributed by atoms with Gasteiger partial charge in [0.05, 0.1) is 11.3 Å². The summed E-state index contributed by atoms with van der Waals surface area (Å²) >= 11 is 0. The maximum Gasteiger partial charge on any atom is 0.254 e. The van der Waals surface area contributed by atoms with E-state index in [0.29, 0.717) is 6.54 Å². The van der Waals surface area contributed by atoms with Crippen molar-refractivity contribution in [3.05, 3.63) is 65.4 Å². The predicted octanol–water partition coefficient (Wildman–Crippen LogP) is 2.54. The van der Waals surface area contributed by atoms with Gasteiger partial charge in [-0.1, -0.05) is 12.1 Å². The van der Waals surface area contributed by atoms with E-state index in [4.69, 9.17) is 0 Å². The summed E-state index contributed by atoms with van der Waals surface area (Å²) in [5, 5.41) is 7.05. The average molecular weight is 312 g/mol. The number of aryl methyl sites for hydroxylation is 2. The lowest BCUT2D eigenvalue weighted by Gasteiger charge is -2.06. The summed E-state index contributed by atoms with van der Waals surface area (Å²) in [5.74, 6) is -0.895. The van der Waals surface area contributed by atoms with Crippen LogP contribution in [0.4, 0.5) is 4.39 Å². The number of hydrogen-bond acceptors (Lipinski definition) is 3. The molecular formula is C17H17FN4O. The molecule has 1 amide bonds. The van der Waals surface area contributed by atoms with Crippen LogP contribution >= 0.6 is 0 Å². The second-order valence-corrected chi connectivity index (χ2v) is 5.39. The Hall–Kier alpha value is -2.76. The number of carbonyl (C=O) groups is 1. The van der Waals surface area contributed by atoms with Crippen LogP contribution in [0.1, 0.15) is 28.0 Å². The van der Waals surface area contributed by atoms with Crippen molar-refractivity contribution in [3.8, 4) is 0 Å². The van der Waals surface area contributed by atoms with Crippen LogP contribution in [0.5, 0.6) is 0 Å². The van der Waals surface area contributed by atoms with Crippen molar-refractivity contribution in [1.29, 1.82) is 0 Å². The topological polar surface area (TPSA) is 59.3 Å². The number of hydrogen-bond donors (Lipinski definition) is 1. The van der Waals surface area contributed by atoms with E-state index in [0.717, 1.165) is 29.7 Å². The zero-order chi connectivity index (χ0) is 16.2. The van der Waals surface area contributed by atoms with Crippen LogP contribution in [-0.2, 0) is 6.42 Å². The van der Waals surface area contributed by atoms with Crippen LogP contribution in [0.3, 0.4) is 0 Å². The van der Waals surface area contributed by atoms with Crippen LogP contribution in [0.15, 0.2) is 42.7 Å². The molecular weight excluding hydrogens is 295 g/mol. The van der Waals surface area contributed by atoms with E-state index in [1.54, 1.807) is 16.6 Å². The summed E-state index contributed by atoms with van der Waals surface area (Å²) in [6.07, 6.45) is 5.26. The molecule has 2 heterocycles. The predicted molar refractivity (Wildman–Crippen MR) is 84.8 cm³/mol. The van der Waals surface area contributed by atoms with Crippen molar-refractivity contribution in [2.45, 2.75) is 19.8 Å². The molecule has 0 atom stereocenters. The molecule has 1 N–H and O–H groups in total. The zero-order valence-electron chi connectivity index (χ0n) is 12.8. The van der Waals surface area contributed by atoms with Gasteiger partial charge in [-0.3, -0.25) is 4.79 Å². The molecule has 0 spiro atoms. The van der Waals surface area contributed by atoms with Gasteiger partial charge < -0.3 is 5.32 Å². The lowest BCUT2D eigenvalue weighted by molar-refractivity contribution is 0.0949. The number of rotatable bonds is 5. The first-order valence-electron chi connectivity index (χ1n) is 7.47. The third-order valence-electron chi connectivity index (χ3n) is 3.54. The zero-order valence-corrected chi connectivity index (χ0v) is 12.8. The van der Waals surface area contributed by atoms with E-state index in [-0.39, 0.29) is 11.5 Å². The molecule has 0 bridgehead atoms. The molecule has 2 aromatic heterocycles. The maximum atomic E-state index is 13.5. The van der Waals surface area contributed by atoms with E-state index in [9.17, 15) is 9.18 Å². The molecule has 3 aromatic rings. The molecule has 0 aliphatic heterocycles. The Morgan fingerprint density at radius 1 is 1.35 bits per heavy atom. The summed E-state index contributed by atoms with van der Waals surface area (Å²) in [7, 11) is 0. The minimum absolute atomic E-state index is 0.0719. The Morgan fingerprint density at radius 3 is 3.00 bits per heavy atom. The number of halogens is 1. The van der Waals surface area contributed by atoms with Gasteiger partial charge in [-0.15, -0.1) is 0 Å². The smallest absolute Gasteiger partial charge is 0.254 e. The fraction of sp³-hybridized carbons (Fsp3) is 0.235. The third kappa shape index (κ3) is 3.53. The first-order valence-corrected chi connectivity index (χ1v) is 7.47. The highest BCUT2D eigenvalue weighted by Crippen LogP contribution is 2.08. The Morgan fingerprint density at radius 2 is 2.17 bits per heavy atom. The second kappa shape index (κ2) is 6.56. The van der Waals surface area contributed by atoms with Gasteiger partial charge in [0.1, 0.15) is 5.82 Å². The maximum absolute atomic E-state index is 13.5. The number of carbonyl (C=O) groups excluding carboxylic acids is 1. The Bertz CT molecular complexity index is 843. The molecule has 0 saturated heterocycles. The Kier molecular flexibility index (Phi) is 4.32. The third-order valence-corrected chi connectivity index (χ3v) is 3.54. The van der Waals surface area contributed by atoms with Crippen LogP contribution in [0.25, 0.3) is 5.65 Å². The van der Waals surface area contributed by atoms with Gasteiger partial charge in [0, 0.05) is 25.0 Å². The molecule has 5 nitrogen and oxygen atoms in total. The molecule has 0 unspecified atom stereocenters. The summed E-state index contributed by atoms with van der Waals surface area (Å²) in [4.78, 5) is 16.2. The molecule has 6 heteroatoms. The van der Waals surface area contributed by atoms with E-state index < -0.39 is 5.82 Å². The van der Waals surface area contributed by atoms with Crippen LogP contribution in [-0.4, -0.2) is 27.0 Å². The molecule has 0 aliphatic carbocycles.